The number of hydrogen-bond acceptors (Lipinski definition) is 6. The molecule has 1 aromatic carbocycles. The van der Waals surface area contributed by atoms with Crippen molar-refractivity contribution in [2.24, 2.45) is 0 Å². The molecule has 0 saturated carbocycles. The summed E-state index contributed by atoms with van der Waals surface area (Å²) in [5.74, 6) is 0.145. The molecule has 2 heterocycles. The summed E-state index contributed by atoms with van der Waals surface area (Å²) in [6, 6.07) is 6.16. The van der Waals surface area contributed by atoms with E-state index >= 15 is 0 Å². The number of nitrogens with zero attached hydrogens (tertiary/aromatic N) is 3. The zero-order chi connectivity index (χ0) is 15.6. The van der Waals surface area contributed by atoms with Gasteiger partial charge in [0.1, 0.15) is 11.0 Å². The normalized spacial score (nSPS) is 18.0. The molecular weight excluding hydrogens is 320 g/mol. The Bertz CT molecular complexity index is 736. The van der Waals surface area contributed by atoms with E-state index in [2.05, 4.69) is 24.4 Å². The third kappa shape index (κ3) is 3.62. The molecule has 3 rings (SSSR count). The van der Waals surface area contributed by atoms with Crippen LogP contribution in [-0.2, 0) is 16.6 Å². The van der Waals surface area contributed by atoms with Gasteiger partial charge in [0.05, 0.1) is 17.5 Å². The first-order valence-electron chi connectivity index (χ1n) is 7.50. The molecule has 1 fully saturated rings. The molecule has 1 aliphatic rings. The Morgan fingerprint density at radius 2 is 2.09 bits per heavy atom. The minimum Gasteiger partial charge on any atom is -0.299 e. The van der Waals surface area contributed by atoms with E-state index in [9.17, 15) is 8.42 Å². The smallest absolute Gasteiger partial charge is 0.211 e. The molecule has 2 aromatic rings. The van der Waals surface area contributed by atoms with Crippen molar-refractivity contribution in [3.05, 3.63) is 23.8 Å². The van der Waals surface area contributed by atoms with Crippen molar-refractivity contribution >= 4 is 32.8 Å². The van der Waals surface area contributed by atoms with E-state index in [-0.39, 0.29) is 11.8 Å². The highest BCUT2D eigenvalue weighted by Gasteiger charge is 2.23. The number of fused-ring (bicyclic) bond motifs is 1. The van der Waals surface area contributed by atoms with Gasteiger partial charge in [-0.05, 0) is 31.4 Å². The van der Waals surface area contributed by atoms with Crippen LogP contribution in [0, 0.1) is 0 Å². The van der Waals surface area contributed by atoms with E-state index in [0.717, 1.165) is 43.5 Å². The van der Waals surface area contributed by atoms with Crippen LogP contribution in [-0.4, -0.2) is 46.9 Å². The largest absolute Gasteiger partial charge is 0.299 e. The summed E-state index contributed by atoms with van der Waals surface area (Å²) in [6.45, 7) is 4.30. The lowest BCUT2D eigenvalue weighted by molar-refractivity contribution is 0.200. The van der Waals surface area contributed by atoms with Crippen molar-refractivity contribution in [3.63, 3.8) is 0 Å². The third-order valence-electron chi connectivity index (χ3n) is 4.08. The van der Waals surface area contributed by atoms with Gasteiger partial charge in [-0.3, -0.25) is 4.90 Å². The lowest BCUT2D eigenvalue weighted by atomic mass is 10.0. The lowest BCUT2D eigenvalue weighted by Gasteiger charge is -2.32. The van der Waals surface area contributed by atoms with Crippen LogP contribution >= 0.6 is 11.7 Å². The summed E-state index contributed by atoms with van der Waals surface area (Å²) in [7, 11) is -3.10. The molecule has 0 unspecified atom stereocenters. The Balaban J connectivity index is 1.59. The predicted octanol–water partition coefficient (Wildman–Crippen LogP) is 1.59. The van der Waals surface area contributed by atoms with Crippen LogP contribution in [0.1, 0.15) is 25.3 Å². The number of rotatable bonds is 5. The van der Waals surface area contributed by atoms with Gasteiger partial charge in [0.15, 0.2) is 0 Å². The average molecular weight is 340 g/mol. The highest BCUT2D eigenvalue weighted by Crippen LogP contribution is 2.20. The van der Waals surface area contributed by atoms with Crippen molar-refractivity contribution in [2.75, 3.05) is 18.8 Å². The Labute approximate surface area is 134 Å². The number of hydrogen-bond donors (Lipinski definition) is 1. The van der Waals surface area contributed by atoms with Gasteiger partial charge in [-0.15, -0.1) is 0 Å². The van der Waals surface area contributed by atoms with E-state index in [4.69, 9.17) is 0 Å². The Morgan fingerprint density at radius 1 is 1.32 bits per heavy atom. The fourth-order valence-electron chi connectivity index (χ4n) is 2.78. The van der Waals surface area contributed by atoms with Crippen LogP contribution in [0.4, 0.5) is 0 Å². The zero-order valence-electron chi connectivity index (χ0n) is 12.5. The number of aromatic nitrogens is 2. The van der Waals surface area contributed by atoms with E-state index in [1.807, 2.05) is 12.1 Å². The Kier molecular flexibility index (Phi) is 4.72. The highest BCUT2D eigenvalue weighted by atomic mass is 32.2. The van der Waals surface area contributed by atoms with Gasteiger partial charge in [0, 0.05) is 25.7 Å². The maximum atomic E-state index is 11.6. The van der Waals surface area contributed by atoms with Gasteiger partial charge in [-0.25, -0.2) is 13.1 Å². The molecule has 0 radical (unpaired) electrons. The minimum absolute atomic E-state index is 0.0675. The van der Waals surface area contributed by atoms with Gasteiger partial charge in [0.25, 0.3) is 0 Å². The average Bonchev–Trinajstić information content (AvgIpc) is 2.99. The van der Waals surface area contributed by atoms with E-state index in [0.29, 0.717) is 0 Å². The number of benzene rings is 1. The summed E-state index contributed by atoms with van der Waals surface area (Å²) in [6.07, 6.45) is 1.70. The molecule has 1 saturated heterocycles. The van der Waals surface area contributed by atoms with Crippen molar-refractivity contribution in [1.82, 2.24) is 18.4 Å². The summed E-state index contributed by atoms with van der Waals surface area (Å²) in [5, 5.41) is 0. The van der Waals surface area contributed by atoms with Crippen LogP contribution in [0.3, 0.4) is 0 Å². The third-order valence-corrected chi connectivity index (χ3v) is 6.07. The molecule has 1 aliphatic heterocycles. The topological polar surface area (TPSA) is 75.2 Å². The zero-order valence-corrected chi connectivity index (χ0v) is 14.2. The molecule has 0 bridgehead atoms. The van der Waals surface area contributed by atoms with Crippen LogP contribution in [0.15, 0.2) is 18.2 Å². The van der Waals surface area contributed by atoms with E-state index < -0.39 is 10.0 Å². The quantitative estimate of drug-likeness (QED) is 0.895. The fraction of sp³-hybridized carbons (Fsp3) is 0.571. The van der Waals surface area contributed by atoms with Crippen LogP contribution in [0.2, 0.25) is 0 Å². The van der Waals surface area contributed by atoms with Crippen molar-refractivity contribution in [2.45, 2.75) is 32.4 Å². The van der Waals surface area contributed by atoms with Crippen molar-refractivity contribution in [1.29, 1.82) is 0 Å². The second-order valence-electron chi connectivity index (χ2n) is 5.62. The SMILES string of the molecule is CCS(=O)(=O)NC1CCN(Cc2cccc3nsnc23)CC1. The molecule has 0 atom stereocenters. The van der Waals surface area contributed by atoms with Crippen molar-refractivity contribution in [3.8, 4) is 0 Å². The number of sulfonamides is 1. The molecule has 0 spiro atoms. The Morgan fingerprint density at radius 3 is 2.82 bits per heavy atom. The van der Waals surface area contributed by atoms with Gasteiger partial charge < -0.3 is 0 Å². The monoisotopic (exact) mass is 340 g/mol. The first-order valence-corrected chi connectivity index (χ1v) is 9.88. The van der Waals surface area contributed by atoms with Crippen LogP contribution in [0.5, 0.6) is 0 Å². The van der Waals surface area contributed by atoms with Gasteiger partial charge in [0.2, 0.25) is 10.0 Å². The first kappa shape index (κ1) is 15.8. The van der Waals surface area contributed by atoms with Crippen LogP contribution < -0.4 is 4.72 Å². The molecule has 8 heteroatoms. The number of likely N-dealkylation sites (tertiary alicyclic amines) is 1. The lowest BCUT2D eigenvalue weighted by Crippen LogP contribution is -2.44. The highest BCUT2D eigenvalue weighted by molar-refractivity contribution is 7.89. The molecule has 0 aliphatic carbocycles. The second-order valence-corrected chi connectivity index (χ2v) is 8.19. The first-order chi connectivity index (χ1) is 10.6. The molecule has 6 nitrogen and oxygen atoms in total. The minimum atomic E-state index is -3.10. The number of nitrogens with one attached hydrogen (secondary N) is 1. The summed E-state index contributed by atoms with van der Waals surface area (Å²) in [4.78, 5) is 2.35. The van der Waals surface area contributed by atoms with Crippen LogP contribution in [0.25, 0.3) is 11.0 Å². The molecule has 1 aromatic heterocycles. The predicted molar refractivity (Wildman–Crippen MR) is 88.3 cm³/mol. The summed E-state index contributed by atoms with van der Waals surface area (Å²) >= 11 is 1.24. The molecule has 0 amide bonds. The maximum absolute atomic E-state index is 11.6. The second kappa shape index (κ2) is 6.57. The number of piperidine rings is 1. The summed E-state index contributed by atoms with van der Waals surface area (Å²) < 4.78 is 34.7. The molecular formula is C14H20N4O2S2. The van der Waals surface area contributed by atoms with E-state index in [1.165, 1.54) is 17.3 Å². The molecule has 120 valence electrons. The summed E-state index contributed by atoms with van der Waals surface area (Å²) in [5.41, 5.74) is 3.13. The van der Waals surface area contributed by atoms with E-state index in [1.54, 1.807) is 6.92 Å². The van der Waals surface area contributed by atoms with Crippen molar-refractivity contribution < 1.29 is 8.42 Å². The molecule has 1 N–H and O–H groups in total. The van der Waals surface area contributed by atoms with Gasteiger partial charge >= 0.3 is 0 Å². The fourth-order valence-corrected chi connectivity index (χ4v) is 4.26. The van der Waals surface area contributed by atoms with Gasteiger partial charge in [-0.2, -0.15) is 8.75 Å². The standard InChI is InChI=1S/C14H20N4O2S2/c1-2-22(19,20)17-12-6-8-18(9-7-12)10-11-4-3-5-13-14(11)16-21-15-13/h3-5,12,17H,2,6-10H2,1H3. The van der Waals surface area contributed by atoms with Gasteiger partial charge in [-0.1, -0.05) is 12.1 Å². The molecule has 22 heavy (non-hydrogen) atoms. The Hall–Kier alpha value is -1.09. The maximum Gasteiger partial charge on any atom is 0.211 e.